The predicted molar refractivity (Wildman–Crippen MR) is 142 cm³/mol. The van der Waals surface area contributed by atoms with Crippen LogP contribution in [0.2, 0.25) is 5.02 Å². The number of carbonyl (C=O) groups excluding carboxylic acids is 1. The number of carbonyl (C=O) groups is 1. The van der Waals surface area contributed by atoms with E-state index in [0.29, 0.717) is 22.4 Å². The van der Waals surface area contributed by atoms with Crippen LogP contribution < -0.4 is 5.32 Å². The molecule has 35 heavy (non-hydrogen) atoms. The summed E-state index contributed by atoms with van der Waals surface area (Å²) in [5, 5.41) is 13.0. The van der Waals surface area contributed by atoms with Crippen LogP contribution in [0.5, 0.6) is 0 Å². The molecule has 0 bridgehead atoms. The van der Waals surface area contributed by atoms with Gasteiger partial charge in [0, 0.05) is 5.56 Å². The first kappa shape index (κ1) is 25.1. The summed E-state index contributed by atoms with van der Waals surface area (Å²) in [7, 11) is 0. The Labute approximate surface area is 215 Å². The fourth-order valence-electron chi connectivity index (χ4n) is 3.81. The second kappa shape index (κ2) is 10.3. The summed E-state index contributed by atoms with van der Waals surface area (Å²) < 4.78 is 7.56. The van der Waals surface area contributed by atoms with Gasteiger partial charge in [0.05, 0.1) is 29.3 Å². The summed E-state index contributed by atoms with van der Waals surface area (Å²) in [6.07, 6.45) is 1.64. The Kier molecular flexibility index (Phi) is 7.38. The fourth-order valence-corrected chi connectivity index (χ4v) is 4.92. The lowest BCUT2D eigenvalue weighted by Gasteiger charge is -2.19. The largest absolute Gasteiger partial charge is 0.467 e. The van der Waals surface area contributed by atoms with Crippen LogP contribution in [-0.2, 0) is 16.8 Å². The molecule has 4 rings (SSSR count). The van der Waals surface area contributed by atoms with Gasteiger partial charge in [-0.3, -0.25) is 9.36 Å². The number of hydrogen-bond donors (Lipinski definition) is 1. The quantitative estimate of drug-likeness (QED) is 0.275. The average Bonchev–Trinajstić information content (AvgIpc) is 3.45. The van der Waals surface area contributed by atoms with E-state index in [4.69, 9.17) is 16.0 Å². The van der Waals surface area contributed by atoms with Gasteiger partial charge in [-0.25, -0.2) is 0 Å². The number of rotatable bonds is 7. The number of nitrogens with one attached hydrogen (secondary N) is 1. The average molecular weight is 509 g/mol. The van der Waals surface area contributed by atoms with Crippen molar-refractivity contribution in [3.8, 4) is 11.4 Å². The molecular formula is C27H29ClN4O2S. The van der Waals surface area contributed by atoms with E-state index < -0.39 is 0 Å². The molecule has 1 amide bonds. The highest BCUT2D eigenvalue weighted by atomic mass is 35.5. The molecule has 0 fully saturated rings. The predicted octanol–water partition coefficient (Wildman–Crippen LogP) is 6.88. The Balaban J connectivity index is 1.56. The SMILES string of the molecule is Cc1cc(C)c(NC(=O)CSc2nnc(-c3ccc(C(C)(C)C)cc3)n2Cc2ccco2)c(Cl)c1. The van der Waals surface area contributed by atoms with Gasteiger partial charge in [-0.1, -0.05) is 74.5 Å². The number of thioether (sulfide) groups is 1. The van der Waals surface area contributed by atoms with E-state index in [-0.39, 0.29) is 17.1 Å². The standard InChI is InChI=1S/C27H29ClN4O2S/c1-17-13-18(2)24(22(28)14-17)29-23(33)16-35-26-31-30-25(32(26)15-21-7-6-12-34-21)19-8-10-20(11-9-19)27(3,4)5/h6-14H,15-16H2,1-5H3,(H,29,33). The zero-order chi connectivity index (χ0) is 25.2. The van der Waals surface area contributed by atoms with Crippen LogP contribution >= 0.6 is 23.4 Å². The van der Waals surface area contributed by atoms with E-state index in [1.54, 1.807) is 6.26 Å². The van der Waals surface area contributed by atoms with Gasteiger partial charge < -0.3 is 9.73 Å². The lowest BCUT2D eigenvalue weighted by atomic mass is 9.87. The molecule has 2 heterocycles. The number of amides is 1. The number of hydrogen-bond acceptors (Lipinski definition) is 5. The molecule has 0 saturated carbocycles. The maximum absolute atomic E-state index is 12.7. The monoisotopic (exact) mass is 508 g/mol. The summed E-state index contributed by atoms with van der Waals surface area (Å²) in [6.45, 7) is 10.9. The molecular weight excluding hydrogens is 480 g/mol. The van der Waals surface area contributed by atoms with E-state index in [2.05, 4.69) is 60.6 Å². The Morgan fingerprint density at radius 3 is 2.49 bits per heavy atom. The van der Waals surface area contributed by atoms with Gasteiger partial charge in [-0.15, -0.1) is 10.2 Å². The van der Waals surface area contributed by atoms with Crippen molar-refractivity contribution < 1.29 is 9.21 Å². The second-order valence-corrected chi connectivity index (χ2v) is 10.9. The molecule has 0 atom stereocenters. The van der Waals surface area contributed by atoms with Crippen LogP contribution in [0.1, 0.15) is 43.2 Å². The highest BCUT2D eigenvalue weighted by Crippen LogP contribution is 2.30. The maximum atomic E-state index is 12.7. The highest BCUT2D eigenvalue weighted by molar-refractivity contribution is 7.99. The van der Waals surface area contributed by atoms with Crippen molar-refractivity contribution in [3.05, 3.63) is 82.3 Å². The number of aryl methyl sites for hydroxylation is 2. The third-order valence-electron chi connectivity index (χ3n) is 5.65. The van der Waals surface area contributed by atoms with Gasteiger partial charge in [0.2, 0.25) is 5.91 Å². The molecule has 8 heteroatoms. The van der Waals surface area contributed by atoms with Crippen molar-refractivity contribution in [3.63, 3.8) is 0 Å². The third kappa shape index (κ3) is 5.97. The normalized spacial score (nSPS) is 11.6. The van der Waals surface area contributed by atoms with Crippen LogP contribution in [-0.4, -0.2) is 26.4 Å². The van der Waals surface area contributed by atoms with E-state index in [0.717, 1.165) is 28.3 Å². The minimum absolute atomic E-state index is 0.0629. The molecule has 4 aromatic rings. The van der Waals surface area contributed by atoms with Crippen molar-refractivity contribution >= 4 is 35.0 Å². The molecule has 2 aromatic heterocycles. The molecule has 0 radical (unpaired) electrons. The minimum atomic E-state index is -0.160. The van der Waals surface area contributed by atoms with Gasteiger partial charge in [0.1, 0.15) is 5.76 Å². The zero-order valence-corrected chi connectivity index (χ0v) is 22.1. The lowest BCUT2D eigenvalue weighted by molar-refractivity contribution is -0.113. The Hall–Kier alpha value is -3.03. The number of furan rings is 1. The summed E-state index contributed by atoms with van der Waals surface area (Å²) in [6, 6.07) is 16.0. The molecule has 2 aromatic carbocycles. The molecule has 0 aliphatic heterocycles. The van der Waals surface area contributed by atoms with Crippen molar-refractivity contribution in [2.45, 2.75) is 51.7 Å². The zero-order valence-electron chi connectivity index (χ0n) is 20.6. The molecule has 0 aliphatic rings. The molecule has 0 spiro atoms. The van der Waals surface area contributed by atoms with Gasteiger partial charge in [-0.2, -0.15) is 0 Å². The molecule has 0 saturated heterocycles. The van der Waals surface area contributed by atoms with Crippen molar-refractivity contribution in [2.75, 3.05) is 11.1 Å². The van der Waals surface area contributed by atoms with Crippen LogP contribution in [0.3, 0.4) is 0 Å². The fraction of sp³-hybridized carbons (Fsp3) is 0.296. The first-order valence-electron chi connectivity index (χ1n) is 11.4. The summed E-state index contributed by atoms with van der Waals surface area (Å²) >= 11 is 7.68. The summed E-state index contributed by atoms with van der Waals surface area (Å²) in [5.74, 6) is 1.52. The number of benzene rings is 2. The number of aromatic nitrogens is 3. The molecule has 1 N–H and O–H groups in total. The highest BCUT2D eigenvalue weighted by Gasteiger charge is 2.19. The van der Waals surface area contributed by atoms with Gasteiger partial charge >= 0.3 is 0 Å². The Morgan fingerprint density at radius 2 is 1.86 bits per heavy atom. The van der Waals surface area contributed by atoms with E-state index in [9.17, 15) is 4.79 Å². The number of nitrogens with zero attached hydrogens (tertiary/aromatic N) is 3. The number of halogens is 1. The van der Waals surface area contributed by atoms with Crippen LogP contribution in [0.25, 0.3) is 11.4 Å². The van der Waals surface area contributed by atoms with E-state index in [1.807, 2.05) is 42.7 Å². The van der Waals surface area contributed by atoms with Crippen LogP contribution in [0.15, 0.2) is 64.4 Å². The van der Waals surface area contributed by atoms with Gasteiger partial charge in [-0.05, 0) is 54.2 Å². The van der Waals surface area contributed by atoms with Crippen molar-refractivity contribution in [2.24, 2.45) is 0 Å². The first-order chi connectivity index (χ1) is 16.6. The van der Waals surface area contributed by atoms with Crippen molar-refractivity contribution in [1.82, 2.24) is 14.8 Å². The molecule has 6 nitrogen and oxygen atoms in total. The van der Waals surface area contributed by atoms with Gasteiger partial charge in [0.25, 0.3) is 0 Å². The van der Waals surface area contributed by atoms with E-state index in [1.165, 1.54) is 17.3 Å². The molecule has 182 valence electrons. The number of anilines is 1. The minimum Gasteiger partial charge on any atom is -0.467 e. The van der Waals surface area contributed by atoms with Crippen molar-refractivity contribution in [1.29, 1.82) is 0 Å². The second-order valence-electron chi connectivity index (χ2n) is 9.57. The Bertz CT molecular complexity index is 1300. The smallest absolute Gasteiger partial charge is 0.234 e. The van der Waals surface area contributed by atoms with Crippen LogP contribution in [0, 0.1) is 13.8 Å². The lowest BCUT2D eigenvalue weighted by Crippen LogP contribution is -2.16. The third-order valence-corrected chi connectivity index (χ3v) is 6.91. The summed E-state index contributed by atoms with van der Waals surface area (Å²) in [5.41, 5.74) is 4.88. The summed E-state index contributed by atoms with van der Waals surface area (Å²) in [4.78, 5) is 12.7. The first-order valence-corrected chi connectivity index (χ1v) is 12.7. The molecule has 0 unspecified atom stereocenters. The maximum Gasteiger partial charge on any atom is 0.234 e. The topological polar surface area (TPSA) is 73.0 Å². The van der Waals surface area contributed by atoms with Gasteiger partial charge in [0.15, 0.2) is 11.0 Å². The van der Waals surface area contributed by atoms with E-state index >= 15 is 0 Å². The van der Waals surface area contributed by atoms with Crippen LogP contribution in [0.4, 0.5) is 5.69 Å². The Morgan fingerprint density at radius 1 is 1.11 bits per heavy atom. The molecule has 0 aliphatic carbocycles.